The van der Waals surface area contributed by atoms with Gasteiger partial charge in [0.2, 0.25) is 0 Å². The zero-order valence-electron chi connectivity index (χ0n) is 12.7. The van der Waals surface area contributed by atoms with E-state index in [1.165, 1.54) is 50.3 Å². The Morgan fingerprint density at radius 3 is 2.81 bits per heavy atom. The van der Waals surface area contributed by atoms with Gasteiger partial charge in [-0.3, -0.25) is 4.79 Å². The van der Waals surface area contributed by atoms with Gasteiger partial charge in [-0.1, -0.05) is 19.3 Å². The second-order valence-corrected chi connectivity index (χ2v) is 5.70. The Morgan fingerprint density at radius 1 is 1.33 bits per heavy atom. The van der Waals surface area contributed by atoms with E-state index in [0.29, 0.717) is 30.4 Å². The van der Waals surface area contributed by atoms with Crippen LogP contribution in [0.5, 0.6) is 0 Å². The molecular formula is C17H24FNO2. The molecule has 21 heavy (non-hydrogen) atoms. The van der Waals surface area contributed by atoms with E-state index < -0.39 is 0 Å². The van der Waals surface area contributed by atoms with Crippen LogP contribution in [0, 0.1) is 12.7 Å². The van der Waals surface area contributed by atoms with Crippen molar-refractivity contribution in [1.29, 1.82) is 0 Å². The number of rotatable bonds is 6. The predicted molar refractivity (Wildman–Crippen MR) is 80.9 cm³/mol. The van der Waals surface area contributed by atoms with Crippen LogP contribution >= 0.6 is 0 Å². The van der Waals surface area contributed by atoms with Gasteiger partial charge in [0.25, 0.3) is 5.91 Å². The maximum Gasteiger partial charge on any atom is 0.251 e. The van der Waals surface area contributed by atoms with E-state index in [1.807, 2.05) is 0 Å². The minimum Gasteiger partial charge on any atom is -0.378 e. The average Bonchev–Trinajstić information content (AvgIpc) is 2.47. The summed E-state index contributed by atoms with van der Waals surface area (Å²) in [7, 11) is 0. The number of carbonyl (C=O) groups excluding carboxylic acids is 1. The van der Waals surface area contributed by atoms with Crippen molar-refractivity contribution in [3.63, 3.8) is 0 Å². The topological polar surface area (TPSA) is 38.3 Å². The molecule has 1 N–H and O–H groups in total. The van der Waals surface area contributed by atoms with Gasteiger partial charge in [0.15, 0.2) is 0 Å². The lowest BCUT2D eigenvalue weighted by atomic mass is 9.98. The fourth-order valence-electron chi connectivity index (χ4n) is 2.73. The third-order valence-electron chi connectivity index (χ3n) is 3.95. The summed E-state index contributed by atoms with van der Waals surface area (Å²) in [5, 5.41) is 2.86. The SMILES string of the molecule is Cc1cc(F)ccc1C(=O)NCCCOC1CCCCC1. The van der Waals surface area contributed by atoms with Crippen molar-refractivity contribution in [3.8, 4) is 0 Å². The summed E-state index contributed by atoms with van der Waals surface area (Å²) in [6.07, 6.45) is 7.42. The lowest BCUT2D eigenvalue weighted by Gasteiger charge is -2.21. The number of amides is 1. The number of hydrogen-bond acceptors (Lipinski definition) is 2. The first-order valence-corrected chi connectivity index (χ1v) is 7.83. The summed E-state index contributed by atoms with van der Waals surface area (Å²) in [5.41, 5.74) is 1.19. The van der Waals surface area contributed by atoms with Gasteiger partial charge in [-0.2, -0.15) is 0 Å². The monoisotopic (exact) mass is 293 g/mol. The second kappa shape index (κ2) is 8.13. The first-order chi connectivity index (χ1) is 10.2. The summed E-state index contributed by atoms with van der Waals surface area (Å²) < 4.78 is 18.8. The van der Waals surface area contributed by atoms with Crippen LogP contribution in [0.2, 0.25) is 0 Å². The molecule has 0 aromatic heterocycles. The summed E-state index contributed by atoms with van der Waals surface area (Å²) >= 11 is 0. The summed E-state index contributed by atoms with van der Waals surface area (Å²) in [6, 6.07) is 4.22. The van der Waals surface area contributed by atoms with E-state index in [9.17, 15) is 9.18 Å². The van der Waals surface area contributed by atoms with Crippen LogP contribution in [0.3, 0.4) is 0 Å². The van der Waals surface area contributed by atoms with Crippen molar-refractivity contribution < 1.29 is 13.9 Å². The Bertz CT molecular complexity index is 470. The van der Waals surface area contributed by atoms with Crippen molar-refractivity contribution in [1.82, 2.24) is 5.32 Å². The molecule has 1 fully saturated rings. The van der Waals surface area contributed by atoms with Crippen LogP contribution in [0.15, 0.2) is 18.2 Å². The normalized spacial score (nSPS) is 15.9. The summed E-state index contributed by atoms with van der Waals surface area (Å²) in [6.45, 7) is 3.01. The number of benzene rings is 1. The Kier molecular flexibility index (Phi) is 6.18. The third kappa shape index (κ3) is 5.12. The van der Waals surface area contributed by atoms with E-state index in [4.69, 9.17) is 4.74 Å². The lowest BCUT2D eigenvalue weighted by Crippen LogP contribution is -2.26. The van der Waals surface area contributed by atoms with E-state index >= 15 is 0 Å². The van der Waals surface area contributed by atoms with Gasteiger partial charge in [-0.25, -0.2) is 4.39 Å². The first kappa shape index (κ1) is 16.0. The van der Waals surface area contributed by atoms with Gasteiger partial charge in [0, 0.05) is 18.7 Å². The molecule has 1 aromatic rings. The van der Waals surface area contributed by atoms with Crippen LogP contribution in [0.1, 0.15) is 54.4 Å². The number of nitrogens with one attached hydrogen (secondary N) is 1. The maximum absolute atomic E-state index is 13.0. The highest BCUT2D eigenvalue weighted by Crippen LogP contribution is 2.20. The second-order valence-electron chi connectivity index (χ2n) is 5.70. The quantitative estimate of drug-likeness (QED) is 0.814. The Labute approximate surface area is 125 Å². The largest absolute Gasteiger partial charge is 0.378 e. The molecule has 0 saturated heterocycles. The Hall–Kier alpha value is -1.42. The zero-order valence-corrected chi connectivity index (χ0v) is 12.7. The lowest BCUT2D eigenvalue weighted by molar-refractivity contribution is 0.0273. The molecule has 0 spiro atoms. The maximum atomic E-state index is 13.0. The smallest absolute Gasteiger partial charge is 0.251 e. The minimum atomic E-state index is -0.315. The molecule has 4 heteroatoms. The molecule has 2 rings (SSSR count). The van der Waals surface area contributed by atoms with Gasteiger partial charge in [0.05, 0.1) is 6.10 Å². The van der Waals surface area contributed by atoms with Crippen molar-refractivity contribution in [3.05, 3.63) is 35.1 Å². The van der Waals surface area contributed by atoms with Crippen LogP contribution in [-0.4, -0.2) is 25.2 Å². The predicted octanol–water partition coefficient (Wildman–Crippen LogP) is 3.60. The van der Waals surface area contributed by atoms with Crippen molar-refractivity contribution in [2.24, 2.45) is 0 Å². The van der Waals surface area contributed by atoms with Gasteiger partial charge in [-0.05, 0) is 49.9 Å². The first-order valence-electron chi connectivity index (χ1n) is 7.83. The van der Waals surface area contributed by atoms with Crippen molar-refractivity contribution in [2.45, 2.75) is 51.6 Å². The summed E-state index contributed by atoms with van der Waals surface area (Å²) in [5.74, 6) is -0.463. The molecule has 1 saturated carbocycles. The highest BCUT2D eigenvalue weighted by molar-refractivity contribution is 5.95. The Morgan fingerprint density at radius 2 is 2.10 bits per heavy atom. The number of hydrogen-bond donors (Lipinski definition) is 1. The molecule has 3 nitrogen and oxygen atoms in total. The molecule has 1 aromatic carbocycles. The molecule has 1 aliphatic carbocycles. The molecule has 0 radical (unpaired) electrons. The molecule has 0 heterocycles. The van der Waals surface area contributed by atoms with Gasteiger partial charge in [0.1, 0.15) is 5.82 Å². The van der Waals surface area contributed by atoms with Crippen molar-refractivity contribution in [2.75, 3.05) is 13.2 Å². The average molecular weight is 293 g/mol. The molecule has 0 unspecified atom stereocenters. The zero-order chi connectivity index (χ0) is 15.1. The molecule has 0 atom stereocenters. The number of ether oxygens (including phenoxy) is 1. The molecule has 0 bridgehead atoms. The fraction of sp³-hybridized carbons (Fsp3) is 0.588. The molecule has 116 valence electrons. The summed E-state index contributed by atoms with van der Waals surface area (Å²) in [4.78, 5) is 12.0. The van der Waals surface area contributed by atoms with E-state index in [2.05, 4.69) is 5.32 Å². The van der Waals surface area contributed by atoms with E-state index in [0.717, 1.165) is 6.42 Å². The third-order valence-corrected chi connectivity index (χ3v) is 3.95. The molecule has 1 aliphatic rings. The molecule has 1 amide bonds. The van der Waals surface area contributed by atoms with Gasteiger partial charge < -0.3 is 10.1 Å². The van der Waals surface area contributed by atoms with E-state index in [-0.39, 0.29) is 11.7 Å². The van der Waals surface area contributed by atoms with Crippen LogP contribution in [0.25, 0.3) is 0 Å². The fourth-order valence-corrected chi connectivity index (χ4v) is 2.73. The van der Waals surface area contributed by atoms with Crippen LogP contribution < -0.4 is 5.32 Å². The molecule has 0 aliphatic heterocycles. The number of aryl methyl sites for hydroxylation is 1. The van der Waals surface area contributed by atoms with Gasteiger partial charge in [-0.15, -0.1) is 0 Å². The standard InChI is InChI=1S/C17H24FNO2/c1-13-12-14(18)8-9-16(13)17(20)19-10-5-11-21-15-6-3-2-4-7-15/h8-9,12,15H,2-7,10-11H2,1H3,(H,19,20). The Balaban J connectivity index is 1.64. The van der Waals surface area contributed by atoms with Gasteiger partial charge >= 0.3 is 0 Å². The van der Waals surface area contributed by atoms with E-state index in [1.54, 1.807) is 6.92 Å². The van der Waals surface area contributed by atoms with Crippen LogP contribution in [-0.2, 0) is 4.74 Å². The van der Waals surface area contributed by atoms with Crippen molar-refractivity contribution >= 4 is 5.91 Å². The molecular weight excluding hydrogens is 269 g/mol. The minimum absolute atomic E-state index is 0.148. The number of halogens is 1. The number of carbonyl (C=O) groups is 1. The highest BCUT2D eigenvalue weighted by atomic mass is 19.1. The van der Waals surface area contributed by atoms with Crippen LogP contribution in [0.4, 0.5) is 4.39 Å². The highest BCUT2D eigenvalue weighted by Gasteiger charge is 2.13.